The van der Waals surface area contributed by atoms with E-state index in [4.69, 9.17) is 14.2 Å². The topological polar surface area (TPSA) is 82.1 Å². The second kappa shape index (κ2) is 6.21. The molecule has 2 bridgehead atoms. The summed E-state index contributed by atoms with van der Waals surface area (Å²) in [6.07, 6.45) is 5.52. The molecule has 0 aromatic heterocycles. The summed E-state index contributed by atoms with van der Waals surface area (Å²) in [5.41, 5.74) is 0.367. The van der Waals surface area contributed by atoms with Crippen molar-refractivity contribution >= 4 is 11.9 Å². The third kappa shape index (κ3) is 3.04. The number of carbonyl (C=O) groups excluding carboxylic acids is 2. The van der Waals surface area contributed by atoms with Gasteiger partial charge in [0.05, 0.1) is 11.5 Å². The number of hydrogen-bond donors (Lipinski definition) is 1. The van der Waals surface area contributed by atoms with E-state index in [0.29, 0.717) is 11.1 Å². The number of allylic oxidation sites excluding steroid dienone is 1. The number of aliphatic hydroxyl groups is 1. The Hall–Kier alpha value is -2.18. The quantitative estimate of drug-likeness (QED) is 0.462. The van der Waals surface area contributed by atoms with Crippen LogP contribution in [0.25, 0.3) is 0 Å². The summed E-state index contributed by atoms with van der Waals surface area (Å²) in [5.74, 6) is -3.10. The van der Waals surface area contributed by atoms with Crippen LogP contribution in [0.15, 0.2) is 47.6 Å². The largest absolute Gasteiger partial charge is 0.458 e. The lowest BCUT2D eigenvalue weighted by atomic mass is 9.83. The number of esters is 2. The van der Waals surface area contributed by atoms with E-state index < -0.39 is 41.5 Å². The highest BCUT2D eigenvalue weighted by atomic mass is 16.6. The van der Waals surface area contributed by atoms with Gasteiger partial charge in [0.1, 0.15) is 12.2 Å². The van der Waals surface area contributed by atoms with E-state index in [1.165, 1.54) is 0 Å². The Morgan fingerprint density at radius 2 is 2.15 bits per heavy atom. The van der Waals surface area contributed by atoms with Crippen LogP contribution in [-0.2, 0) is 23.8 Å². The molecule has 5 atom stereocenters. The molecule has 0 aliphatic carbocycles. The first-order chi connectivity index (χ1) is 12.1. The predicted octanol–water partition coefficient (Wildman–Crippen LogP) is 2.35. The Morgan fingerprint density at radius 3 is 2.81 bits per heavy atom. The van der Waals surface area contributed by atoms with Crippen molar-refractivity contribution in [2.45, 2.75) is 57.7 Å². The standard InChI is InChI=1S/C20H24O6/c1-6-11(2)17(21)25-15-10-19(5)7-8-20(23,26-19)12(3)9-14-16(15)13(4)18(22)24-14/h6-9,14-16,23H,4,10H2,1-3,5H3/b11-6-,12-9-/t14-,15+,16-,19-,20-/m0/s1. The van der Waals surface area contributed by atoms with Crippen molar-refractivity contribution in [2.24, 2.45) is 5.92 Å². The van der Waals surface area contributed by atoms with Crippen LogP contribution in [0, 0.1) is 5.92 Å². The summed E-state index contributed by atoms with van der Waals surface area (Å²) >= 11 is 0. The van der Waals surface area contributed by atoms with Gasteiger partial charge in [0.25, 0.3) is 0 Å². The molecular weight excluding hydrogens is 336 g/mol. The van der Waals surface area contributed by atoms with Crippen molar-refractivity contribution in [3.63, 3.8) is 0 Å². The first-order valence-electron chi connectivity index (χ1n) is 8.64. The minimum atomic E-state index is -1.58. The molecular formula is C20H24O6. The van der Waals surface area contributed by atoms with E-state index in [1.54, 1.807) is 52.0 Å². The zero-order valence-corrected chi connectivity index (χ0v) is 15.4. The van der Waals surface area contributed by atoms with Gasteiger partial charge in [-0.05, 0) is 45.4 Å². The molecule has 3 heterocycles. The maximum atomic E-state index is 12.4. The van der Waals surface area contributed by atoms with Crippen molar-refractivity contribution < 1.29 is 28.9 Å². The molecule has 3 rings (SSSR count). The number of ether oxygens (including phenoxy) is 3. The van der Waals surface area contributed by atoms with E-state index in [0.717, 1.165) is 0 Å². The lowest BCUT2D eigenvalue weighted by Crippen LogP contribution is -2.40. The lowest BCUT2D eigenvalue weighted by Gasteiger charge is -2.33. The van der Waals surface area contributed by atoms with Crippen LogP contribution < -0.4 is 0 Å². The zero-order chi connectivity index (χ0) is 19.3. The first-order valence-corrected chi connectivity index (χ1v) is 8.64. The van der Waals surface area contributed by atoms with Crippen molar-refractivity contribution in [3.05, 3.63) is 47.6 Å². The summed E-state index contributed by atoms with van der Waals surface area (Å²) in [7, 11) is 0. The zero-order valence-electron chi connectivity index (χ0n) is 15.4. The third-order valence-electron chi connectivity index (χ3n) is 5.31. The van der Waals surface area contributed by atoms with Gasteiger partial charge < -0.3 is 19.3 Å². The number of hydrogen-bond acceptors (Lipinski definition) is 6. The van der Waals surface area contributed by atoms with Gasteiger partial charge >= 0.3 is 11.9 Å². The Bertz CT molecular complexity index is 760. The summed E-state index contributed by atoms with van der Waals surface area (Å²) in [4.78, 5) is 24.5. The van der Waals surface area contributed by atoms with E-state index in [9.17, 15) is 14.7 Å². The van der Waals surface area contributed by atoms with Crippen LogP contribution in [-0.4, -0.2) is 40.6 Å². The smallest absolute Gasteiger partial charge is 0.334 e. The van der Waals surface area contributed by atoms with E-state index in [2.05, 4.69) is 6.58 Å². The summed E-state index contributed by atoms with van der Waals surface area (Å²) in [6.45, 7) is 10.8. The highest BCUT2D eigenvalue weighted by Gasteiger charge is 2.52. The fraction of sp³-hybridized carbons (Fsp3) is 0.500. The highest BCUT2D eigenvalue weighted by Crippen LogP contribution is 2.44. The van der Waals surface area contributed by atoms with Gasteiger partial charge in [0.15, 0.2) is 0 Å². The molecule has 1 fully saturated rings. The molecule has 26 heavy (non-hydrogen) atoms. The fourth-order valence-electron chi connectivity index (χ4n) is 3.57. The maximum absolute atomic E-state index is 12.4. The molecule has 1 saturated heterocycles. The second-order valence-corrected chi connectivity index (χ2v) is 7.33. The Morgan fingerprint density at radius 1 is 1.46 bits per heavy atom. The van der Waals surface area contributed by atoms with Gasteiger partial charge in [0.2, 0.25) is 5.79 Å². The van der Waals surface area contributed by atoms with Crippen molar-refractivity contribution in [2.75, 3.05) is 0 Å². The molecule has 6 nitrogen and oxygen atoms in total. The van der Waals surface area contributed by atoms with Crippen molar-refractivity contribution in [1.29, 1.82) is 0 Å². The predicted molar refractivity (Wildman–Crippen MR) is 93.8 cm³/mol. The van der Waals surface area contributed by atoms with E-state index in [-0.39, 0.29) is 12.0 Å². The minimum absolute atomic E-state index is 0.256. The monoisotopic (exact) mass is 360 g/mol. The van der Waals surface area contributed by atoms with Crippen LogP contribution in [0.2, 0.25) is 0 Å². The molecule has 1 N–H and O–H groups in total. The van der Waals surface area contributed by atoms with Gasteiger partial charge in [-0.15, -0.1) is 0 Å². The molecule has 0 radical (unpaired) electrons. The molecule has 0 aromatic rings. The van der Waals surface area contributed by atoms with Crippen molar-refractivity contribution in [1.82, 2.24) is 0 Å². The number of carbonyl (C=O) groups is 2. The maximum Gasteiger partial charge on any atom is 0.334 e. The van der Waals surface area contributed by atoms with E-state index >= 15 is 0 Å². The van der Waals surface area contributed by atoms with Crippen LogP contribution >= 0.6 is 0 Å². The highest BCUT2D eigenvalue weighted by molar-refractivity contribution is 5.92. The normalized spacial score (nSPS) is 41.5. The van der Waals surface area contributed by atoms with Gasteiger partial charge in [0, 0.05) is 17.6 Å². The minimum Gasteiger partial charge on any atom is -0.458 e. The molecule has 140 valence electrons. The van der Waals surface area contributed by atoms with Crippen molar-refractivity contribution in [3.8, 4) is 0 Å². The lowest BCUT2D eigenvalue weighted by molar-refractivity contribution is -0.188. The molecule has 0 saturated carbocycles. The van der Waals surface area contributed by atoms with Gasteiger partial charge in [-0.3, -0.25) is 0 Å². The van der Waals surface area contributed by atoms with Crippen LogP contribution in [0.3, 0.4) is 0 Å². The second-order valence-electron chi connectivity index (χ2n) is 7.33. The molecule has 6 heteroatoms. The van der Waals surface area contributed by atoms with Gasteiger partial charge in [-0.1, -0.05) is 18.7 Å². The molecule has 0 unspecified atom stereocenters. The molecule has 3 aliphatic heterocycles. The van der Waals surface area contributed by atoms with Gasteiger partial charge in [-0.2, -0.15) is 0 Å². The first kappa shape index (κ1) is 18.6. The van der Waals surface area contributed by atoms with E-state index in [1.807, 2.05) is 0 Å². The number of rotatable bonds is 2. The molecule has 0 spiro atoms. The number of fused-ring (bicyclic) bond motifs is 3. The Balaban J connectivity index is 2.04. The summed E-state index contributed by atoms with van der Waals surface area (Å²) in [5, 5.41) is 10.8. The summed E-state index contributed by atoms with van der Waals surface area (Å²) < 4.78 is 17.0. The summed E-state index contributed by atoms with van der Waals surface area (Å²) in [6, 6.07) is 0. The average Bonchev–Trinajstić information content (AvgIpc) is 3.03. The van der Waals surface area contributed by atoms with Crippen LogP contribution in [0.1, 0.15) is 34.1 Å². The Labute approximate surface area is 152 Å². The molecule has 0 aromatic carbocycles. The Kier molecular flexibility index (Phi) is 4.45. The van der Waals surface area contributed by atoms with Crippen LogP contribution in [0.4, 0.5) is 0 Å². The molecule has 0 amide bonds. The fourth-order valence-corrected chi connectivity index (χ4v) is 3.57. The van der Waals surface area contributed by atoms with Crippen LogP contribution in [0.5, 0.6) is 0 Å². The third-order valence-corrected chi connectivity index (χ3v) is 5.31. The van der Waals surface area contributed by atoms with Gasteiger partial charge in [-0.25, -0.2) is 9.59 Å². The molecule has 3 aliphatic rings. The SMILES string of the molecule is C=C1C(=O)O[C@H]2/C=C(/C)[C@]3(O)C=C[C@@](C)(C[C@@H](OC(=O)/C(C)=C\C)[C@@H]12)O3. The average molecular weight is 360 g/mol.